The van der Waals surface area contributed by atoms with Gasteiger partial charge in [0, 0.05) is 24.7 Å². The van der Waals surface area contributed by atoms with Crippen molar-refractivity contribution in [1.29, 1.82) is 0 Å². The van der Waals surface area contributed by atoms with E-state index in [1.54, 1.807) is 37.1 Å². The lowest BCUT2D eigenvalue weighted by atomic mass is 10.0. The molecule has 1 atom stereocenters. The van der Waals surface area contributed by atoms with Gasteiger partial charge in [-0.3, -0.25) is 14.4 Å². The second-order valence-corrected chi connectivity index (χ2v) is 8.73. The highest BCUT2D eigenvalue weighted by atomic mass is 35.5. The van der Waals surface area contributed by atoms with Gasteiger partial charge in [0.25, 0.3) is 5.91 Å². The maximum atomic E-state index is 12.7. The van der Waals surface area contributed by atoms with Crippen molar-refractivity contribution in [2.24, 2.45) is 0 Å². The van der Waals surface area contributed by atoms with Gasteiger partial charge in [-0.05, 0) is 38.0 Å². The molecule has 3 rings (SSSR count). The number of nitrogens with zero attached hydrogens (tertiary/aromatic N) is 1. The summed E-state index contributed by atoms with van der Waals surface area (Å²) in [5.74, 6) is -0.0337. The highest BCUT2D eigenvalue weighted by Gasteiger charge is 2.26. The summed E-state index contributed by atoms with van der Waals surface area (Å²) in [6, 6.07) is 11.4. The van der Waals surface area contributed by atoms with Crippen molar-refractivity contribution in [1.82, 2.24) is 15.5 Å². The fourth-order valence-corrected chi connectivity index (χ4v) is 4.13. The molecule has 0 radical (unpaired) electrons. The molecule has 0 aliphatic carbocycles. The normalized spacial score (nSPS) is 15.0. The zero-order chi connectivity index (χ0) is 24.0. The lowest BCUT2D eigenvalue weighted by molar-refractivity contribution is -0.131. The zero-order valence-electron chi connectivity index (χ0n) is 18.6. The smallest absolute Gasteiger partial charge is 0.253 e. The van der Waals surface area contributed by atoms with Crippen LogP contribution in [-0.4, -0.2) is 54.9 Å². The molecule has 2 aromatic carbocycles. The SMILES string of the molecule is COc1ccccc1CC(=O)N1CCC(NC(=O)C(C)NC(=O)c2cccc(Cl)c2Cl)CC1. The summed E-state index contributed by atoms with van der Waals surface area (Å²) in [6.45, 7) is 2.72. The molecular weight excluding hydrogens is 465 g/mol. The molecule has 1 fully saturated rings. The van der Waals surface area contributed by atoms with E-state index in [2.05, 4.69) is 10.6 Å². The van der Waals surface area contributed by atoms with Crippen LogP contribution in [0.5, 0.6) is 5.75 Å². The monoisotopic (exact) mass is 491 g/mol. The first-order valence-corrected chi connectivity index (χ1v) is 11.5. The molecule has 1 aliphatic heterocycles. The molecule has 9 heteroatoms. The highest BCUT2D eigenvalue weighted by molar-refractivity contribution is 6.43. The zero-order valence-corrected chi connectivity index (χ0v) is 20.1. The van der Waals surface area contributed by atoms with E-state index in [0.29, 0.717) is 31.7 Å². The van der Waals surface area contributed by atoms with Gasteiger partial charge in [0.05, 0.1) is 29.1 Å². The van der Waals surface area contributed by atoms with E-state index in [0.717, 1.165) is 5.56 Å². The maximum absolute atomic E-state index is 12.7. The number of likely N-dealkylation sites (tertiary alicyclic amines) is 1. The summed E-state index contributed by atoms with van der Waals surface area (Å²) in [5, 5.41) is 6.03. The number of hydrogen-bond donors (Lipinski definition) is 2. The standard InChI is InChI=1S/C24H27Cl2N3O4/c1-15(27-24(32)18-7-5-8-19(25)22(18)26)23(31)28-17-10-12-29(13-11-17)21(30)14-16-6-3-4-9-20(16)33-2/h3-9,15,17H,10-14H2,1-2H3,(H,27,32)(H,28,31). The molecule has 1 unspecified atom stereocenters. The predicted octanol–water partition coefficient (Wildman–Crippen LogP) is 3.47. The number of carbonyl (C=O) groups excluding carboxylic acids is 3. The third-order valence-corrected chi connectivity index (χ3v) is 6.48. The van der Waals surface area contributed by atoms with Crippen LogP contribution >= 0.6 is 23.2 Å². The second kappa shape index (κ2) is 11.4. The van der Waals surface area contributed by atoms with Gasteiger partial charge in [-0.25, -0.2) is 0 Å². The molecule has 0 bridgehead atoms. The van der Waals surface area contributed by atoms with E-state index in [1.807, 2.05) is 24.3 Å². The van der Waals surface area contributed by atoms with Gasteiger partial charge >= 0.3 is 0 Å². The Morgan fingerprint density at radius 2 is 1.79 bits per heavy atom. The quantitative estimate of drug-likeness (QED) is 0.620. The maximum Gasteiger partial charge on any atom is 0.253 e. The van der Waals surface area contributed by atoms with Crippen LogP contribution in [0, 0.1) is 0 Å². The number of hydrogen-bond acceptors (Lipinski definition) is 4. The van der Waals surface area contributed by atoms with E-state index in [4.69, 9.17) is 27.9 Å². The van der Waals surface area contributed by atoms with Crippen LogP contribution in [0.3, 0.4) is 0 Å². The number of benzene rings is 2. The van der Waals surface area contributed by atoms with Gasteiger partial charge < -0.3 is 20.3 Å². The summed E-state index contributed by atoms with van der Waals surface area (Å²) < 4.78 is 5.32. The Bertz CT molecular complexity index is 1020. The molecule has 1 saturated heterocycles. The van der Waals surface area contributed by atoms with Gasteiger partial charge in [-0.15, -0.1) is 0 Å². The predicted molar refractivity (Wildman–Crippen MR) is 128 cm³/mol. The lowest BCUT2D eigenvalue weighted by Gasteiger charge is -2.33. The third kappa shape index (κ3) is 6.39. The summed E-state index contributed by atoms with van der Waals surface area (Å²) in [6.07, 6.45) is 1.56. The topological polar surface area (TPSA) is 87.7 Å². The number of ether oxygens (including phenoxy) is 1. The minimum atomic E-state index is -0.752. The molecule has 3 amide bonds. The molecular formula is C24H27Cl2N3O4. The van der Waals surface area contributed by atoms with Crippen molar-refractivity contribution in [2.45, 2.75) is 38.3 Å². The third-order valence-electron chi connectivity index (χ3n) is 5.67. The van der Waals surface area contributed by atoms with Crippen LogP contribution in [0.4, 0.5) is 0 Å². The van der Waals surface area contributed by atoms with Crippen LogP contribution in [0.25, 0.3) is 0 Å². The Hall–Kier alpha value is -2.77. The Morgan fingerprint density at radius 3 is 2.48 bits per heavy atom. The van der Waals surface area contributed by atoms with Crippen molar-refractivity contribution in [2.75, 3.05) is 20.2 Å². The molecule has 176 valence electrons. The molecule has 2 aromatic rings. The van der Waals surface area contributed by atoms with Gasteiger partial charge in [-0.2, -0.15) is 0 Å². The van der Waals surface area contributed by atoms with Crippen molar-refractivity contribution >= 4 is 40.9 Å². The van der Waals surface area contributed by atoms with Crippen LogP contribution < -0.4 is 15.4 Å². The van der Waals surface area contributed by atoms with E-state index in [9.17, 15) is 14.4 Å². The lowest BCUT2D eigenvalue weighted by Crippen LogP contribution is -2.51. The molecule has 2 N–H and O–H groups in total. The van der Waals surface area contributed by atoms with Crippen LogP contribution in [0.2, 0.25) is 10.0 Å². The molecule has 0 aromatic heterocycles. The van der Waals surface area contributed by atoms with Crippen LogP contribution in [0.1, 0.15) is 35.7 Å². The number of para-hydroxylation sites is 1. The summed E-state index contributed by atoms with van der Waals surface area (Å²) in [7, 11) is 1.59. The molecule has 1 heterocycles. The van der Waals surface area contributed by atoms with Gasteiger partial charge in [0.2, 0.25) is 11.8 Å². The average molecular weight is 492 g/mol. The van der Waals surface area contributed by atoms with Gasteiger partial charge in [-0.1, -0.05) is 47.5 Å². The van der Waals surface area contributed by atoms with E-state index < -0.39 is 11.9 Å². The number of rotatable bonds is 7. The fraction of sp³-hybridized carbons (Fsp3) is 0.375. The van der Waals surface area contributed by atoms with Crippen molar-refractivity contribution in [3.05, 3.63) is 63.6 Å². The minimum Gasteiger partial charge on any atom is -0.496 e. The summed E-state index contributed by atoms with van der Waals surface area (Å²) in [5.41, 5.74) is 1.07. The van der Waals surface area contributed by atoms with E-state index >= 15 is 0 Å². The first-order valence-electron chi connectivity index (χ1n) is 10.7. The first kappa shape index (κ1) is 24.9. The van der Waals surface area contributed by atoms with Crippen molar-refractivity contribution in [3.63, 3.8) is 0 Å². The summed E-state index contributed by atoms with van der Waals surface area (Å²) >= 11 is 12.0. The second-order valence-electron chi connectivity index (χ2n) is 7.95. The van der Waals surface area contributed by atoms with E-state index in [1.165, 1.54) is 0 Å². The largest absolute Gasteiger partial charge is 0.496 e. The Balaban J connectivity index is 1.47. The Labute approximate surface area is 203 Å². The van der Waals surface area contributed by atoms with Crippen molar-refractivity contribution in [3.8, 4) is 5.75 Å². The number of halogens is 2. The van der Waals surface area contributed by atoms with Crippen LogP contribution in [0.15, 0.2) is 42.5 Å². The van der Waals surface area contributed by atoms with Gasteiger partial charge in [0.15, 0.2) is 0 Å². The van der Waals surface area contributed by atoms with E-state index in [-0.39, 0.29) is 39.9 Å². The van der Waals surface area contributed by atoms with Crippen molar-refractivity contribution < 1.29 is 19.1 Å². The number of amides is 3. The highest BCUT2D eigenvalue weighted by Crippen LogP contribution is 2.25. The Morgan fingerprint density at radius 1 is 1.09 bits per heavy atom. The number of nitrogens with one attached hydrogen (secondary N) is 2. The molecule has 0 spiro atoms. The minimum absolute atomic E-state index is 0.0308. The Kier molecular flexibility index (Phi) is 8.58. The van der Waals surface area contributed by atoms with Gasteiger partial charge in [0.1, 0.15) is 11.8 Å². The number of carbonyl (C=O) groups is 3. The summed E-state index contributed by atoms with van der Waals surface area (Å²) in [4.78, 5) is 39.5. The number of methoxy groups -OCH3 is 1. The molecule has 1 aliphatic rings. The van der Waals surface area contributed by atoms with Crippen LogP contribution in [-0.2, 0) is 16.0 Å². The molecule has 33 heavy (non-hydrogen) atoms. The molecule has 0 saturated carbocycles. The fourth-order valence-electron chi connectivity index (χ4n) is 3.74. The average Bonchev–Trinajstić information content (AvgIpc) is 2.81. The first-order chi connectivity index (χ1) is 15.8. The number of piperidine rings is 1. The molecule has 7 nitrogen and oxygen atoms in total.